The van der Waals surface area contributed by atoms with Gasteiger partial charge in [0.2, 0.25) is 0 Å². The largest absolute Gasteiger partial charge is 0.493 e. The second kappa shape index (κ2) is 8.07. The monoisotopic (exact) mass is 360 g/mol. The summed E-state index contributed by atoms with van der Waals surface area (Å²) in [6.45, 7) is 0. The lowest BCUT2D eigenvalue weighted by atomic mass is 9.82. The van der Waals surface area contributed by atoms with E-state index in [9.17, 15) is 0 Å². The van der Waals surface area contributed by atoms with Crippen LogP contribution in [0.3, 0.4) is 0 Å². The fourth-order valence-electron chi connectivity index (χ4n) is 3.46. The molecule has 0 aliphatic heterocycles. The van der Waals surface area contributed by atoms with Crippen molar-refractivity contribution in [1.82, 2.24) is 4.98 Å². The van der Waals surface area contributed by atoms with Crippen molar-refractivity contribution in [3.05, 3.63) is 53.9 Å². The van der Waals surface area contributed by atoms with Crippen molar-refractivity contribution in [2.45, 2.75) is 43.7 Å². The molecule has 0 saturated heterocycles. The van der Waals surface area contributed by atoms with Crippen LogP contribution in [-0.4, -0.2) is 24.1 Å². The van der Waals surface area contributed by atoms with Crippen LogP contribution in [0.2, 0.25) is 0 Å². The van der Waals surface area contributed by atoms with E-state index in [-0.39, 0.29) is 6.10 Å². The van der Waals surface area contributed by atoms with Gasteiger partial charge in [-0.2, -0.15) is 0 Å². The van der Waals surface area contributed by atoms with Gasteiger partial charge in [-0.15, -0.1) is 11.6 Å². The third-order valence-corrected chi connectivity index (χ3v) is 5.13. The van der Waals surface area contributed by atoms with Crippen molar-refractivity contribution < 1.29 is 9.47 Å². The fourth-order valence-corrected chi connectivity index (χ4v) is 3.76. The van der Waals surface area contributed by atoms with Gasteiger partial charge in [-0.3, -0.25) is 4.98 Å². The van der Waals surface area contributed by atoms with Gasteiger partial charge in [0.05, 0.1) is 18.8 Å². The Bertz CT molecular complexity index is 689. The first-order chi connectivity index (χ1) is 12.2. The number of halogens is 1. The standard InChI is InChI=1S/C20H25ClN2O2/c1-24-18-9-8-15(13-19(18)25-17-6-2-3-7-17)20(22,10-11-21)16-5-4-12-23-14-16/h4-5,8-9,12-14,17H,2-3,6-7,10-11,22H2,1H3. The van der Waals surface area contributed by atoms with Crippen LogP contribution in [0.1, 0.15) is 43.2 Å². The second-order valence-corrected chi connectivity index (χ2v) is 6.92. The van der Waals surface area contributed by atoms with Gasteiger partial charge in [0.25, 0.3) is 0 Å². The summed E-state index contributed by atoms with van der Waals surface area (Å²) in [5, 5.41) is 0. The summed E-state index contributed by atoms with van der Waals surface area (Å²) in [6.07, 6.45) is 9.02. The van der Waals surface area contributed by atoms with Crippen molar-refractivity contribution in [1.29, 1.82) is 0 Å². The maximum absolute atomic E-state index is 6.80. The molecule has 134 valence electrons. The van der Waals surface area contributed by atoms with Crippen LogP contribution < -0.4 is 15.2 Å². The van der Waals surface area contributed by atoms with E-state index in [1.54, 1.807) is 19.5 Å². The number of hydrogen-bond acceptors (Lipinski definition) is 4. The summed E-state index contributed by atoms with van der Waals surface area (Å²) in [5.74, 6) is 1.94. The van der Waals surface area contributed by atoms with Crippen LogP contribution in [0, 0.1) is 0 Å². The smallest absolute Gasteiger partial charge is 0.161 e. The van der Waals surface area contributed by atoms with E-state index in [1.165, 1.54) is 12.8 Å². The topological polar surface area (TPSA) is 57.4 Å². The minimum absolute atomic E-state index is 0.253. The lowest BCUT2D eigenvalue weighted by Gasteiger charge is -2.30. The Morgan fingerprint density at radius 1 is 1.20 bits per heavy atom. The Balaban J connectivity index is 1.98. The van der Waals surface area contributed by atoms with E-state index in [0.29, 0.717) is 12.3 Å². The average molecular weight is 361 g/mol. The molecule has 1 atom stereocenters. The van der Waals surface area contributed by atoms with E-state index in [1.807, 2.05) is 30.3 Å². The Morgan fingerprint density at radius 2 is 2.00 bits per heavy atom. The van der Waals surface area contributed by atoms with Crippen molar-refractivity contribution in [2.24, 2.45) is 5.73 Å². The van der Waals surface area contributed by atoms with Gasteiger partial charge in [-0.05, 0) is 61.4 Å². The normalized spacial score (nSPS) is 17.2. The maximum atomic E-state index is 6.80. The van der Waals surface area contributed by atoms with Crippen molar-refractivity contribution in [3.8, 4) is 11.5 Å². The first-order valence-corrected chi connectivity index (χ1v) is 9.31. The molecule has 0 amide bonds. The lowest BCUT2D eigenvalue weighted by Crippen LogP contribution is -2.38. The van der Waals surface area contributed by atoms with E-state index >= 15 is 0 Å². The third-order valence-electron chi connectivity index (χ3n) is 4.94. The molecule has 2 N–H and O–H groups in total. The first-order valence-electron chi connectivity index (χ1n) is 8.78. The molecule has 3 rings (SSSR count). The van der Waals surface area contributed by atoms with Crippen LogP contribution in [0.15, 0.2) is 42.7 Å². The van der Waals surface area contributed by atoms with Gasteiger partial charge in [-0.1, -0.05) is 12.1 Å². The molecular weight excluding hydrogens is 336 g/mol. The van der Waals surface area contributed by atoms with E-state index in [0.717, 1.165) is 35.5 Å². The highest BCUT2D eigenvalue weighted by Crippen LogP contribution is 2.38. The Hall–Kier alpha value is -1.78. The summed E-state index contributed by atoms with van der Waals surface area (Å²) < 4.78 is 11.7. The molecule has 0 radical (unpaired) electrons. The predicted molar refractivity (Wildman–Crippen MR) is 100 cm³/mol. The lowest BCUT2D eigenvalue weighted by molar-refractivity contribution is 0.200. The van der Waals surface area contributed by atoms with Crippen molar-refractivity contribution in [2.75, 3.05) is 13.0 Å². The number of aromatic nitrogens is 1. The maximum Gasteiger partial charge on any atom is 0.161 e. The molecule has 4 nitrogen and oxygen atoms in total. The number of benzene rings is 1. The quantitative estimate of drug-likeness (QED) is 0.750. The molecule has 0 spiro atoms. The number of hydrogen-bond donors (Lipinski definition) is 1. The average Bonchev–Trinajstić information content (AvgIpc) is 3.15. The molecule has 0 bridgehead atoms. The Morgan fingerprint density at radius 3 is 2.64 bits per heavy atom. The Labute approximate surface area is 154 Å². The van der Waals surface area contributed by atoms with Crippen LogP contribution in [0.5, 0.6) is 11.5 Å². The summed E-state index contributed by atoms with van der Waals surface area (Å²) in [4.78, 5) is 4.22. The molecule has 1 fully saturated rings. The summed E-state index contributed by atoms with van der Waals surface area (Å²) in [6, 6.07) is 9.79. The van der Waals surface area contributed by atoms with Gasteiger partial charge in [0, 0.05) is 18.3 Å². The highest BCUT2D eigenvalue weighted by Gasteiger charge is 2.31. The second-order valence-electron chi connectivity index (χ2n) is 6.54. The summed E-state index contributed by atoms with van der Waals surface area (Å²) in [5.41, 5.74) is 7.98. The van der Waals surface area contributed by atoms with E-state index in [4.69, 9.17) is 26.8 Å². The predicted octanol–water partition coefficient (Wildman–Crippen LogP) is 4.24. The molecule has 25 heavy (non-hydrogen) atoms. The molecule has 1 heterocycles. The Kier molecular flexibility index (Phi) is 5.82. The van der Waals surface area contributed by atoms with Crippen LogP contribution >= 0.6 is 11.6 Å². The van der Waals surface area contributed by atoms with Gasteiger partial charge in [0.15, 0.2) is 11.5 Å². The van der Waals surface area contributed by atoms with Crippen molar-refractivity contribution in [3.63, 3.8) is 0 Å². The number of nitrogens with zero attached hydrogens (tertiary/aromatic N) is 1. The van der Waals surface area contributed by atoms with Gasteiger partial charge >= 0.3 is 0 Å². The van der Waals surface area contributed by atoms with Crippen LogP contribution in [0.4, 0.5) is 0 Å². The molecule has 1 aromatic carbocycles. The summed E-state index contributed by atoms with van der Waals surface area (Å²) >= 11 is 6.07. The number of ether oxygens (including phenoxy) is 2. The molecule has 2 aromatic rings. The van der Waals surface area contributed by atoms with Crippen LogP contribution in [-0.2, 0) is 5.54 Å². The van der Waals surface area contributed by atoms with Gasteiger partial charge in [0.1, 0.15) is 0 Å². The molecular formula is C20H25ClN2O2. The summed E-state index contributed by atoms with van der Waals surface area (Å²) in [7, 11) is 1.66. The van der Waals surface area contributed by atoms with E-state index in [2.05, 4.69) is 4.98 Å². The SMILES string of the molecule is COc1ccc(C(N)(CCCl)c2cccnc2)cc1OC1CCCC1. The molecule has 1 aromatic heterocycles. The molecule has 1 unspecified atom stereocenters. The zero-order valence-corrected chi connectivity index (χ0v) is 15.3. The minimum atomic E-state index is -0.712. The number of methoxy groups -OCH3 is 1. The third kappa shape index (κ3) is 3.91. The number of alkyl halides is 1. The number of nitrogens with two attached hydrogens (primary N) is 1. The fraction of sp³-hybridized carbons (Fsp3) is 0.450. The molecule has 5 heteroatoms. The van der Waals surface area contributed by atoms with Gasteiger partial charge < -0.3 is 15.2 Å². The number of rotatable bonds is 7. The zero-order valence-electron chi connectivity index (χ0n) is 14.6. The zero-order chi connectivity index (χ0) is 17.7. The molecule has 1 saturated carbocycles. The first kappa shape index (κ1) is 18.0. The van der Waals surface area contributed by atoms with E-state index < -0.39 is 5.54 Å². The highest BCUT2D eigenvalue weighted by molar-refractivity contribution is 6.17. The minimum Gasteiger partial charge on any atom is -0.493 e. The highest BCUT2D eigenvalue weighted by atomic mass is 35.5. The van der Waals surface area contributed by atoms with Gasteiger partial charge in [-0.25, -0.2) is 0 Å². The van der Waals surface area contributed by atoms with Crippen LogP contribution in [0.25, 0.3) is 0 Å². The number of pyridine rings is 1. The molecule has 1 aliphatic rings. The van der Waals surface area contributed by atoms with Crippen molar-refractivity contribution >= 4 is 11.6 Å². The molecule has 1 aliphatic carbocycles.